The van der Waals surface area contributed by atoms with Crippen molar-refractivity contribution in [1.29, 1.82) is 0 Å². The van der Waals surface area contributed by atoms with Gasteiger partial charge in [-0.15, -0.1) is 0 Å². The van der Waals surface area contributed by atoms with Crippen LogP contribution in [0.3, 0.4) is 0 Å². The van der Waals surface area contributed by atoms with Crippen molar-refractivity contribution in [3.05, 3.63) is 0 Å². The highest BCUT2D eigenvalue weighted by atomic mass is 32.2. The topological polar surface area (TPSA) is 87.3 Å². The molecule has 1 aliphatic heterocycles. The number of sulfonamides is 1. The van der Waals surface area contributed by atoms with Gasteiger partial charge < -0.3 is 10.6 Å². The van der Waals surface area contributed by atoms with Gasteiger partial charge in [0.25, 0.3) is 0 Å². The van der Waals surface area contributed by atoms with Crippen molar-refractivity contribution in [3.63, 3.8) is 0 Å². The first-order chi connectivity index (χ1) is 8.55. The van der Waals surface area contributed by atoms with Crippen LogP contribution in [0, 0.1) is 0 Å². The highest BCUT2D eigenvalue weighted by molar-refractivity contribution is 7.89. The Labute approximate surface area is 109 Å². The summed E-state index contributed by atoms with van der Waals surface area (Å²) < 4.78 is 24.7. The maximum atomic E-state index is 11.7. The second kappa shape index (κ2) is 7.70. The zero-order valence-electron chi connectivity index (χ0n) is 10.9. The molecule has 1 saturated heterocycles. The molecule has 1 fully saturated rings. The molecule has 18 heavy (non-hydrogen) atoms. The van der Waals surface area contributed by atoms with Crippen LogP contribution in [0.1, 0.15) is 32.6 Å². The number of hydrogen-bond donors (Lipinski definition) is 3. The van der Waals surface area contributed by atoms with Gasteiger partial charge >= 0.3 is 0 Å². The van der Waals surface area contributed by atoms with E-state index in [2.05, 4.69) is 15.4 Å². The fourth-order valence-corrected chi connectivity index (χ4v) is 2.49. The molecule has 1 atom stereocenters. The van der Waals surface area contributed by atoms with Crippen molar-refractivity contribution in [2.75, 3.05) is 25.4 Å². The largest absolute Gasteiger partial charge is 0.355 e. The van der Waals surface area contributed by atoms with Crippen LogP contribution in [-0.2, 0) is 14.8 Å². The molecule has 6 nitrogen and oxygen atoms in total. The van der Waals surface area contributed by atoms with Crippen LogP contribution in [0.2, 0.25) is 0 Å². The van der Waals surface area contributed by atoms with E-state index in [1.807, 2.05) is 0 Å². The van der Waals surface area contributed by atoms with Gasteiger partial charge in [-0.1, -0.05) is 6.42 Å². The van der Waals surface area contributed by atoms with Crippen molar-refractivity contribution in [3.8, 4) is 0 Å². The maximum absolute atomic E-state index is 11.7. The van der Waals surface area contributed by atoms with E-state index in [1.165, 1.54) is 0 Å². The zero-order chi connectivity index (χ0) is 13.4. The first-order valence-electron chi connectivity index (χ1n) is 6.53. The van der Waals surface area contributed by atoms with E-state index in [-0.39, 0.29) is 17.7 Å². The Kier molecular flexibility index (Phi) is 6.59. The molecule has 0 aromatic heterocycles. The quantitative estimate of drug-likeness (QED) is 0.551. The van der Waals surface area contributed by atoms with Gasteiger partial charge in [0, 0.05) is 13.1 Å². The van der Waals surface area contributed by atoms with Crippen molar-refractivity contribution in [2.45, 2.75) is 38.6 Å². The van der Waals surface area contributed by atoms with Gasteiger partial charge in [0.1, 0.15) is 0 Å². The minimum Gasteiger partial charge on any atom is -0.355 e. The molecule has 3 N–H and O–H groups in total. The number of piperidine rings is 1. The molecule has 1 amide bonds. The van der Waals surface area contributed by atoms with Crippen LogP contribution >= 0.6 is 0 Å². The summed E-state index contributed by atoms with van der Waals surface area (Å²) in [6, 6.07) is -0.0777. The number of nitrogens with one attached hydrogen (secondary N) is 3. The summed E-state index contributed by atoms with van der Waals surface area (Å²) in [5, 5.41) is 5.99. The van der Waals surface area contributed by atoms with E-state index in [0.29, 0.717) is 19.5 Å². The summed E-state index contributed by atoms with van der Waals surface area (Å²) in [7, 11) is -3.12. The molecule has 0 saturated carbocycles. The summed E-state index contributed by atoms with van der Waals surface area (Å²) in [5.41, 5.74) is 0. The monoisotopic (exact) mass is 277 g/mol. The number of carbonyl (C=O) groups is 1. The lowest BCUT2D eigenvalue weighted by molar-refractivity contribution is -0.123. The van der Waals surface area contributed by atoms with Crippen LogP contribution in [-0.4, -0.2) is 45.8 Å². The maximum Gasteiger partial charge on any atom is 0.237 e. The average Bonchev–Trinajstić information content (AvgIpc) is 2.39. The Morgan fingerprint density at radius 3 is 2.72 bits per heavy atom. The third-order valence-corrected chi connectivity index (χ3v) is 4.39. The fourth-order valence-electron chi connectivity index (χ4n) is 1.83. The normalized spacial score (nSPS) is 20.6. The second-order valence-corrected chi connectivity index (χ2v) is 6.54. The van der Waals surface area contributed by atoms with Gasteiger partial charge in [-0.25, -0.2) is 13.1 Å². The van der Waals surface area contributed by atoms with E-state index < -0.39 is 10.0 Å². The standard InChI is InChI=1S/C11H23N3O3S/c1-2-18(16,17)14-9-5-8-13-11(15)10-6-3-4-7-12-10/h10,12,14H,2-9H2,1H3,(H,13,15). The Morgan fingerprint density at radius 2 is 2.11 bits per heavy atom. The molecule has 1 unspecified atom stereocenters. The van der Waals surface area contributed by atoms with Crippen LogP contribution in [0.15, 0.2) is 0 Å². The predicted molar refractivity (Wildman–Crippen MR) is 70.7 cm³/mol. The van der Waals surface area contributed by atoms with E-state index >= 15 is 0 Å². The summed E-state index contributed by atoms with van der Waals surface area (Å²) in [6.45, 7) is 3.37. The van der Waals surface area contributed by atoms with Crippen molar-refractivity contribution in [2.24, 2.45) is 0 Å². The predicted octanol–water partition coefficient (Wildman–Crippen LogP) is -0.426. The van der Waals surface area contributed by atoms with Crippen LogP contribution < -0.4 is 15.4 Å². The van der Waals surface area contributed by atoms with E-state index in [4.69, 9.17) is 0 Å². The molecule has 0 spiro atoms. The lowest BCUT2D eigenvalue weighted by atomic mass is 10.0. The number of carbonyl (C=O) groups excluding carboxylic acids is 1. The minimum absolute atomic E-state index is 0.0213. The van der Waals surface area contributed by atoms with Crippen LogP contribution in [0.25, 0.3) is 0 Å². The number of rotatable bonds is 7. The van der Waals surface area contributed by atoms with Crippen LogP contribution in [0.4, 0.5) is 0 Å². The molecule has 106 valence electrons. The number of hydrogen-bond acceptors (Lipinski definition) is 4. The Bertz CT molecular complexity index is 351. The van der Waals surface area contributed by atoms with Gasteiger partial charge in [-0.2, -0.15) is 0 Å². The SMILES string of the molecule is CCS(=O)(=O)NCCCNC(=O)C1CCCCN1. The Balaban J connectivity index is 2.08. The molecular weight excluding hydrogens is 254 g/mol. The molecule has 0 aromatic carbocycles. The van der Waals surface area contributed by atoms with Gasteiger partial charge in [0.05, 0.1) is 11.8 Å². The molecular formula is C11H23N3O3S. The molecule has 1 rings (SSSR count). The van der Waals surface area contributed by atoms with Gasteiger partial charge in [0.15, 0.2) is 0 Å². The summed E-state index contributed by atoms with van der Waals surface area (Å²) in [6.07, 6.45) is 3.70. The molecule has 0 aromatic rings. The fraction of sp³-hybridized carbons (Fsp3) is 0.909. The zero-order valence-corrected chi connectivity index (χ0v) is 11.7. The third-order valence-electron chi connectivity index (χ3n) is 2.98. The first kappa shape index (κ1) is 15.4. The summed E-state index contributed by atoms with van der Waals surface area (Å²) in [4.78, 5) is 11.7. The van der Waals surface area contributed by atoms with E-state index in [1.54, 1.807) is 6.92 Å². The highest BCUT2D eigenvalue weighted by Gasteiger charge is 2.19. The smallest absolute Gasteiger partial charge is 0.237 e. The van der Waals surface area contributed by atoms with Crippen molar-refractivity contribution in [1.82, 2.24) is 15.4 Å². The minimum atomic E-state index is -3.12. The molecule has 0 bridgehead atoms. The summed E-state index contributed by atoms with van der Waals surface area (Å²) >= 11 is 0. The first-order valence-corrected chi connectivity index (χ1v) is 8.19. The molecule has 0 radical (unpaired) electrons. The van der Waals surface area contributed by atoms with Gasteiger partial charge in [-0.3, -0.25) is 4.79 Å². The highest BCUT2D eigenvalue weighted by Crippen LogP contribution is 2.06. The lowest BCUT2D eigenvalue weighted by Gasteiger charge is -2.22. The second-order valence-electron chi connectivity index (χ2n) is 4.44. The number of amides is 1. The van der Waals surface area contributed by atoms with Gasteiger partial charge in [0.2, 0.25) is 15.9 Å². The lowest BCUT2D eigenvalue weighted by Crippen LogP contribution is -2.47. The molecule has 1 heterocycles. The molecule has 1 aliphatic rings. The van der Waals surface area contributed by atoms with E-state index in [9.17, 15) is 13.2 Å². The molecule has 7 heteroatoms. The van der Waals surface area contributed by atoms with Crippen molar-refractivity contribution < 1.29 is 13.2 Å². The van der Waals surface area contributed by atoms with Crippen molar-refractivity contribution >= 4 is 15.9 Å². The van der Waals surface area contributed by atoms with Crippen LogP contribution in [0.5, 0.6) is 0 Å². The third kappa shape index (κ3) is 5.79. The summed E-state index contributed by atoms with van der Waals surface area (Å²) in [5.74, 6) is 0.110. The van der Waals surface area contributed by atoms with Gasteiger partial charge in [-0.05, 0) is 32.7 Å². The average molecular weight is 277 g/mol. The molecule has 0 aliphatic carbocycles. The Hall–Kier alpha value is -0.660. The Morgan fingerprint density at radius 1 is 1.33 bits per heavy atom. The van der Waals surface area contributed by atoms with E-state index in [0.717, 1.165) is 25.8 Å².